The van der Waals surface area contributed by atoms with Crippen LogP contribution in [0.1, 0.15) is 12.5 Å². The average molecular weight is 392 g/mol. The summed E-state index contributed by atoms with van der Waals surface area (Å²) in [6.45, 7) is 2.09. The number of fused-ring (bicyclic) bond motifs is 2. The molecule has 2 aromatic carbocycles. The van der Waals surface area contributed by atoms with Crippen molar-refractivity contribution < 1.29 is 22.7 Å². The van der Waals surface area contributed by atoms with E-state index in [0.29, 0.717) is 17.2 Å². The first-order valence-corrected chi connectivity index (χ1v) is 10.3. The Morgan fingerprint density at radius 1 is 1.19 bits per heavy atom. The van der Waals surface area contributed by atoms with Gasteiger partial charge in [-0.2, -0.15) is 0 Å². The second kappa shape index (κ2) is 6.49. The zero-order valence-corrected chi connectivity index (χ0v) is 15.4. The summed E-state index contributed by atoms with van der Waals surface area (Å²) in [7, 11) is -3.72. The first kappa shape index (κ1) is 17.2. The number of hydrogen-bond donors (Lipinski definition) is 2. The molecule has 1 unspecified atom stereocenters. The van der Waals surface area contributed by atoms with E-state index in [-0.39, 0.29) is 29.4 Å². The number of amides is 1. The Morgan fingerprint density at radius 3 is 2.85 bits per heavy atom. The SMILES string of the molecule is CC1Sc2ccc(S(=O)(=O)NCc3ccc4c(c3)OCO4)cc2NC1=O. The lowest BCUT2D eigenvalue weighted by molar-refractivity contribution is -0.115. The maximum atomic E-state index is 12.6. The molecule has 136 valence electrons. The Kier molecular flexibility index (Phi) is 4.29. The van der Waals surface area contributed by atoms with Crippen LogP contribution in [0.3, 0.4) is 0 Å². The van der Waals surface area contributed by atoms with Gasteiger partial charge in [-0.05, 0) is 42.8 Å². The topological polar surface area (TPSA) is 93.7 Å². The van der Waals surface area contributed by atoms with Crippen LogP contribution >= 0.6 is 11.8 Å². The van der Waals surface area contributed by atoms with Gasteiger partial charge in [0.25, 0.3) is 0 Å². The van der Waals surface area contributed by atoms with E-state index in [2.05, 4.69) is 10.0 Å². The van der Waals surface area contributed by atoms with E-state index in [1.165, 1.54) is 23.9 Å². The molecule has 1 atom stereocenters. The zero-order chi connectivity index (χ0) is 18.3. The summed E-state index contributed by atoms with van der Waals surface area (Å²) in [6, 6.07) is 10.0. The summed E-state index contributed by atoms with van der Waals surface area (Å²) in [6.07, 6.45) is 0. The van der Waals surface area contributed by atoms with Gasteiger partial charge in [0, 0.05) is 11.4 Å². The standard InChI is InChI=1S/C17H16N2O5S2/c1-10-17(20)19-13-7-12(3-5-16(13)25-10)26(21,22)18-8-11-2-4-14-15(6-11)24-9-23-14/h2-7,10,18H,8-9H2,1H3,(H,19,20). The molecule has 2 aliphatic rings. The second-order valence-electron chi connectivity index (χ2n) is 5.92. The molecular formula is C17H16N2O5S2. The Hall–Kier alpha value is -2.23. The monoisotopic (exact) mass is 392 g/mol. The van der Waals surface area contributed by atoms with Crippen molar-refractivity contribution in [3.05, 3.63) is 42.0 Å². The Morgan fingerprint density at radius 2 is 2.00 bits per heavy atom. The summed E-state index contributed by atoms with van der Waals surface area (Å²) >= 11 is 1.41. The number of anilines is 1. The van der Waals surface area contributed by atoms with Gasteiger partial charge in [0.1, 0.15) is 0 Å². The molecule has 0 fully saturated rings. The molecule has 0 aliphatic carbocycles. The van der Waals surface area contributed by atoms with Gasteiger partial charge in [-0.3, -0.25) is 4.79 Å². The fourth-order valence-corrected chi connectivity index (χ4v) is 4.64. The normalized spacial score (nSPS) is 18.3. The number of hydrogen-bond acceptors (Lipinski definition) is 6. The minimum atomic E-state index is -3.72. The number of nitrogens with one attached hydrogen (secondary N) is 2. The number of benzene rings is 2. The van der Waals surface area contributed by atoms with Crippen LogP contribution in [0.5, 0.6) is 11.5 Å². The number of sulfonamides is 1. The summed E-state index contributed by atoms with van der Waals surface area (Å²) < 4.78 is 38.3. The average Bonchev–Trinajstić information content (AvgIpc) is 3.08. The number of carbonyl (C=O) groups excluding carboxylic acids is 1. The Labute approximate surface area is 155 Å². The predicted molar refractivity (Wildman–Crippen MR) is 97.0 cm³/mol. The fraction of sp³-hybridized carbons (Fsp3) is 0.235. The van der Waals surface area contributed by atoms with E-state index in [4.69, 9.17) is 9.47 Å². The van der Waals surface area contributed by atoms with Crippen molar-refractivity contribution in [3.63, 3.8) is 0 Å². The van der Waals surface area contributed by atoms with E-state index in [1.807, 2.05) is 0 Å². The minimum Gasteiger partial charge on any atom is -0.454 e. The van der Waals surface area contributed by atoms with Gasteiger partial charge in [-0.25, -0.2) is 13.1 Å². The highest BCUT2D eigenvalue weighted by Gasteiger charge is 2.25. The van der Waals surface area contributed by atoms with Crippen molar-refractivity contribution in [1.82, 2.24) is 4.72 Å². The van der Waals surface area contributed by atoms with E-state index in [9.17, 15) is 13.2 Å². The lowest BCUT2D eigenvalue weighted by Gasteiger charge is -2.21. The highest BCUT2D eigenvalue weighted by Crippen LogP contribution is 2.37. The van der Waals surface area contributed by atoms with Crippen LogP contribution in [0.4, 0.5) is 5.69 Å². The zero-order valence-electron chi connectivity index (χ0n) is 13.8. The highest BCUT2D eigenvalue weighted by molar-refractivity contribution is 8.01. The van der Waals surface area contributed by atoms with Gasteiger partial charge >= 0.3 is 0 Å². The van der Waals surface area contributed by atoms with Gasteiger partial charge < -0.3 is 14.8 Å². The summed E-state index contributed by atoms with van der Waals surface area (Å²) in [5, 5.41) is 2.54. The summed E-state index contributed by atoms with van der Waals surface area (Å²) in [5.41, 5.74) is 1.28. The molecule has 0 radical (unpaired) electrons. The molecule has 4 rings (SSSR count). The van der Waals surface area contributed by atoms with Crippen LogP contribution in [0, 0.1) is 0 Å². The van der Waals surface area contributed by atoms with Gasteiger partial charge in [0.2, 0.25) is 22.7 Å². The molecule has 9 heteroatoms. The Balaban J connectivity index is 1.52. The lowest BCUT2D eigenvalue weighted by atomic mass is 10.2. The van der Waals surface area contributed by atoms with Crippen LogP contribution in [-0.4, -0.2) is 26.4 Å². The third-order valence-electron chi connectivity index (χ3n) is 4.10. The van der Waals surface area contributed by atoms with Crippen molar-refractivity contribution in [2.75, 3.05) is 12.1 Å². The molecule has 2 aromatic rings. The van der Waals surface area contributed by atoms with Crippen molar-refractivity contribution in [2.45, 2.75) is 28.5 Å². The number of thioether (sulfide) groups is 1. The molecular weight excluding hydrogens is 376 g/mol. The molecule has 0 saturated carbocycles. The maximum Gasteiger partial charge on any atom is 0.240 e. The van der Waals surface area contributed by atoms with Crippen LogP contribution in [-0.2, 0) is 21.4 Å². The van der Waals surface area contributed by atoms with E-state index in [0.717, 1.165) is 10.5 Å². The third kappa shape index (κ3) is 3.25. The molecule has 2 N–H and O–H groups in total. The molecule has 2 heterocycles. The third-order valence-corrected chi connectivity index (χ3v) is 6.67. The molecule has 0 aromatic heterocycles. The summed E-state index contributed by atoms with van der Waals surface area (Å²) in [5.74, 6) is 1.11. The molecule has 7 nitrogen and oxygen atoms in total. The van der Waals surface area contributed by atoms with Crippen LogP contribution < -0.4 is 19.5 Å². The van der Waals surface area contributed by atoms with E-state index in [1.54, 1.807) is 31.2 Å². The first-order chi connectivity index (χ1) is 12.4. The maximum absolute atomic E-state index is 12.6. The van der Waals surface area contributed by atoms with Crippen LogP contribution in [0.2, 0.25) is 0 Å². The number of ether oxygens (including phenoxy) is 2. The van der Waals surface area contributed by atoms with E-state index < -0.39 is 10.0 Å². The number of carbonyl (C=O) groups is 1. The Bertz CT molecular complexity index is 991. The number of rotatable bonds is 4. The van der Waals surface area contributed by atoms with Crippen LogP contribution in [0.15, 0.2) is 46.2 Å². The molecule has 26 heavy (non-hydrogen) atoms. The molecule has 0 bridgehead atoms. The van der Waals surface area contributed by atoms with Gasteiger partial charge in [0.05, 0.1) is 15.8 Å². The molecule has 2 aliphatic heterocycles. The van der Waals surface area contributed by atoms with E-state index >= 15 is 0 Å². The van der Waals surface area contributed by atoms with Crippen molar-refractivity contribution >= 4 is 33.4 Å². The van der Waals surface area contributed by atoms with Gasteiger partial charge in [-0.15, -0.1) is 11.8 Å². The van der Waals surface area contributed by atoms with Crippen molar-refractivity contribution in [2.24, 2.45) is 0 Å². The second-order valence-corrected chi connectivity index (χ2v) is 9.07. The van der Waals surface area contributed by atoms with Crippen molar-refractivity contribution in [1.29, 1.82) is 0 Å². The molecule has 1 amide bonds. The lowest BCUT2D eigenvalue weighted by Crippen LogP contribution is -2.27. The summed E-state index contributed by atoms with van der Waals surface area (Å²) in [4.78, 5) is 12.8. The first-order valence-electron chi connectivity index (χ1n) is 7.92. The van der Waals surface area contributed by atoms with Gasteiger partial charge in [-0.1, -0.05) is 6.07 Å². The molecule has 0 saturated heterocycles. The molecule has 0 spiro atoms. The highest BCUT2D eigenvalue weighted by atomic mass is 32.2. The predicted octanol–water partition coefficient (Wildman–Crippen LogP) is 2.33. The minimum absolute atomic E-state index is 0.104. The van der Waals surface area contributed by atoms with Crippen molar-refractivity contribution in [3.8, 4) is 11.5 Å². The largest absolute Gasteiger partial charge is 0.454 e. The smallest absolute Gasteiger partial charge is 0.240 e. The fourth-order valence-electron chi connectivity index (χ4n) is 2.67. The van der Waals surface area contributed by atoms with Crippen LogP contribution in [0.25, 0.3) is 0 Å². The quantitative estimate of drug-likeness (QED) is 0.829. The van der Waals surface area contributed by atoms with Gasteiger partial charge in [0.15, 0.2) is 11.5 Å².